The van der Waals surface area contributed by atoms with Gasteiger partial charge in [-0.25, -0.2) is 8.98 Å². The molecule has 2 atom stereocenters. The maximum absolute atomic E-state index is 11.6. The molecule has 0 saturated carbocycles. The molecular formula is C12H15NO5S. The second-order valence-electron chi connectivity index (χ2n) is 4.11. The minimum atomic E-state index is -3.94. The molecule has 104 valence electrons. The molecule has 0 bridgehead atoms. The second-order valence-corrected chi connectivity index (χ2v) is 5.44. The van der Waals surface area contributed by atoms with Crippen LogP contribution in [0.15, 0.2) is 30.3 Å². The van der Waals surface area contributed by atoms with E-state index in [1.807, 2.05) is 6.07 Å². The predicted octanol–water partition coefficient (Wildman–Crippen LogP) is 0.914. The number of carbonyl (C=O) groups is 1. The van der Waals surface area contributed by atoms with Gasteiger partial charge in [-0.15, -0.1) is 0 Å². The summed E-state index contributed by atoms with van der Waals surface area (Å²) < 4.78 is 35.1. The molecule has 0 spiro atoms. The Balaban J connectivity index is 2.20. The molecule has 1 heterocycles. The van der Waals surface area contributed by atoms with E-state index in [2.05, 4.69) is 4.72 Å². The molecule has 0 unspecified atom stereocenters. The van der Waals surface area contributed by atoms with Crippen molar-refractivity contribution in [1.82, 2.24) is 4.72 Å². The Kier molecular flexibility index (Phi) is 4.18. The zero-order valence-corrected chi connectivity index (χ0v) is 11.2. The van der Waals surface area contributed by atoms with E-state index < -0.39 is 28.4 Å². The van der Waals surface area contributed by atoms with Gasteiger partial charge in [-0.1, -0.05) is 30.3 Å². The molecule has 1 N–H and O–H groups in total. The fourth-order valence-electron chi connectivity index (χ4n) is 1.92. The Labute approximate surface area is 112 Å². The topological polar surface area (TPSA) is 81.7 Å². The lowest BCUT2D eigenvalue weighted by molar-refractivity contribution is -0.152. The van der Waals surface area contributed by atoms with Gasteiger partial charge in [0.1, 0.15) is 0 Å². The Bertz CT molecular complexity index is 542. The first kappa shape index (κ1) is 14.0. The third kappa shape index (κ3) is 3.52. The summed E-state index contributed by atoms with van der Waals surface area (Å²) in [6.07, 6.45) is -0.890. The summed E-state index contributed by atoms with van der Waals surface area (Å²) in [5.74, 6) is -0.659. The highest BCUT2D eigenvalue weighted by Gasteiger charge is 2.37. The van der Waals surface area contributed by atoms with Crippen molar-refractivity contribution in [3.8, 4) is 0 Å². The van der Waals surface area contributed by atoms with E-state index in [-0.39, 0.29) is 13.0 Å². The lowest BCUT2D eigenvalue weighted by Gasteiger charge is -2.28. The molecular weight excluding hydrogens is 270 g/mol. The lowest BCUT2D eigenvalue weighted by atomic mass is 10.0. The van der Waals surface area contributed by atoms with Gasteiger partial charge in [0.05, 0.1) is 12.6 Å². The first-order chi connectivity index (χ1) is 9.02. The molecule has 6 nitrogen and oxygen atoms in total. The van der Waals surface area contributed by atoms with Crippen LogP contribution in [0.2, 0.25) is 0 Å². The fraction of sp³-hybridized carbons (Fsp3) is 0.417. The van der Waals surface area contributed by atoms with Crippen LogP contribution in [0.4, 0.5) is 0 Å². The second kappa shape index (κ2) is 5.68. The Morgan fingerprint density at radius 1 is 1.42 bits per heavy atom. The molecule has 0 radical (unpaired) electrons. The van der Waals surface area contributed by atoms with Crippen LogP contribution >= 0.6 is 0 Å². The zero-order chi connectivity index (χ0) is 13.9. The Morgan fingerprint density at radius 3 is 2.74 bits per heavy atom. The molecule has 0 aromatic heterocycles. The molecule has 1 aromatic carbocycles. The maximum atomic E-state index is 11.6. The number of benzene rings is 1. The number of nitrogens with one attached hydrogen (secondary N) is 1. The van der Waals surface area contributed by atoms with Gasteiger partial charge >= 0.3 is 16.3 Å². The van der Waals surface area contributed by atoms with Crippen molar-refractivity contribution < 1.29 is 22.1 Å². The third-order valence-corrected chi connectivity index (χ3v) is 3.79. The van der Waals surface area contributed by atoms with Crippen LogP contribution in [-0.4, -0.2) is 27.1 Å². The van der Waals surface area contributed by atoms with Gasteiger partial charge < -0.3 is 4.74 Å². The van der Waals surface area contributed by atoms with E-state index in [9.17, 15) is 13.2 Å². The highest BCUT2D eigenvalue weighted by molar-refractivity contribution is 7.84. The summed E-state index contributed by atoms with van der Waals surface area (Å²) in [6.45, 7) is 1.84. The fourth-order valence-corrected chi connectivity index (χ4v) is 3.02. The van der Waals surface area contributed by atoms with E-state index in [0.29, 0.717) is 0 Å². The Morgan fingerprint density at radius 2 is 2.11 bits per heavy atom. The number of hydrogen-bond donors (Lipinski definition) is 1. The van der Waals surface area contributed by atoms with Gasteiger partial charge in [-0.05, 0) is 12.5 Å². The summed E-state index contributed by atoms with van der Waals surface area (Å²) >= 11 is 0. The van der Waals surface area contributed by atoms with Crippen LogP contribution in [0.5, 0.6) is 0 Å². The number of ether oxygens (including phenoxy) is 1. The SMILES string of the molecule is CCOC(=O)[C@H]1C[C@H](c2ccccc2)NS(=O)(=O)O1. The van der Waals surface area contributed by atoms with Crippen molar-refractivity contribution in [3.05, 3.63) is 35.9 Å². The summed E-state index contributed by atoms with van der Waals surface area (Å²) in [5, 5.41) is 0. The van der Waals surface area contributed by atoms with Crippen molar-refractivity contribution >= 4 is 16.3 Å². The Hall–Kier alpha value is -1.44. The number of rotatable bonds is 3. The van der Waals surface area contributed by atoms with Crippen molar-refractivity contribution in [1.29, 1.82) is 0 Å². The van der Waals surface area contributed by atoms with Crippen LogP contribution in [0, 0.1) is 0 Å². The summed E-state index contributed by atoms with van der Waals surface area (Å²) in [5.41, 5.74) is 0.781. The van der Waals surface area contributed by atoms with Gasteiger partial charge in [-0.3, -0.25) is 0 Å². The van der Waals surface area contributed by atoms with Gasteiger partial charge in [0.2, 0.25) is 0 Å². The molecule has 1 aliphatic heterocycles. The average molecular weight is 285 g/mol. The molecule has 1 saturated heterocycles. The summed E-state index contributed by atoms with van der Waals surface area (Å²) in [7, 11) is -3.94. The summed E-state index contributed by atoms with van der Waals surface area (Å²) in [4.78, 5) is 11.6. The van der Waals surface area contributed by atoms with Crippen molar-refractivity contribution in [2.45, 2.75) is 25.5 Å². The number of carbonyl (C=O) groups excluding carboxylic acids is 1. The quantitative estimate of drug-likeness (QED) is 0.835. The minimum absolute atomic E-state index is 0.183. The number of esters is 1. The van der Waals surface area contributed by atoms with E-state index in [1.54, 1.807) is 31.2 Å². The van der Waals surface area contributed by atoms with E-state index in [4.69, 9.17) is 8.92 Å². The van der Waals surface area contributed by atoms with Gasteiger partial charge in [-0.2, -0.15) is 13.1 Å². The smallest absolute Gasteiger partial charge is 0.337 e. The third-order valence-electron chi connectivity index (χ3n) is 2.73. The van der Waals surface area contributed by atoms with E-state index in [0.717, 1.165) is 5.56 Å². The minimum Gasteiger partial charge on any atom is -0.464 e. The van der Waals surface area contributed by atoms with Crippen molar-refractivity contribution in [2.75, 3.05) is 6.61 Å². The highest BCUT2D eigenvalue weighted by Crippen LogP contribution is 2.26. The van der Waals surface area contributed by atoms with Gasteiger partial charge in [0.15, 0.2) is 6.10 Å². The maximum Gasteiger partial charge on any atom is 0.337 e. The molecule has 19 heavy (non-hydrogen) atoms. The molecule has 7 heteroatoms. The molecule has 0 aliphatic carbocycles. The molecule has 1 aromatic rings. The zero-order valence-electron chi connectivity index (χ0n) is 10.4. The lowest BCUT2D eigenvalue weighted by Crippen LogP contribution is -2.44. The van der Waals surface area contributed by atoms with E-state index >= 15 is 0 Å². The van der Waals surface area contributed by atoms with Crippen LogP contribution in [0.3, 0.4) is 0 Å². The van der Waals surface area contributed by atoms with Crippen LogP contribution in [-0.2, 0) is 24.0 Å². The molecule has 0 amide bonds. The van der Waals surface area contributed by atoms with Gasteiger partial charge in [0.25, 0.3) is 0 Å². The van der Waals surface area contributed by atoms with Crippen molar-refractivity contribution in [3.63, 3.8) is 0 Å². The van der Waals surface area contributed by atoms with E-state index in [1.165, 1.54) is 0 Å². The molecule has 1 aliphatic rings. The molecule has 1 fully saturated rings. The molecule has 2 rings (SSSR count). The first-order valence-electron chi connectivity index (χ1n) is 5.94. The van der Waals surface area contributed by atoms with Crippen LogP contribution < -0.4 is 4.72 Å². The monoisotopic (exact) mass is 285 g/mol. The summed E-state index contributed by atoms with van der Waals surface area (Å²) in [6, 6.07) is 8.53. The largest absolute Gasteiger partial charge is 0.464 e. The van der Waals surface area contributed by atoms with Crippen molar-refractivity contribution in [2.24, 2.45) is 0 Å². The normalized spacial score (nSPS) is 25.7. The predicted molar refractivity (Wildman–Crippen MR) is 67.4 cm³/mol. The average Bonchev–Trinajstić information content (AvgIpc) is 2.38. The highest BCUT2D eigenvalue weighted by atomic mass is 32.2. The number of hydrogen-bond acceptors (Lipinski definition) is 5. The first-order valence-corrected chi connectivity index (χ1v) is 7.35. The van der Waals surface area contributed by atoms with Gasteiger partial charge in [0, 0.05) is 6.42 Å². The standard InChI is InChI=1S/C12H15NO5S/c1-2-17-12(14)11-8-10(13-19(15,16)18-11)9-6-4-3-5-7-9/h3-7,10-11,13H,2,8H2,1H3/t10-,11-/m1/s1. The van der Waals surface area contributed by atoms with Crippen LogP contribution in [0.1, 0.15) is 24.9 Å². The van der Waals surface area contributed by atoms with Crippen LogP contribution in [0.25, 0.3) is 0 Å².